The number of hydrogen-bond donors (Lipinski definition) is 0. The first-order chi connectivity index (χ1) is 8.41. The van der Waals surface area contributed by atoms with Crippen LogP contribution in [0.1, 0.15) is 31.5 Å². The lowest BCUT2D eigenvalue weighted by molar-refractivity contribution is -0.157. The van der Waals surface area contributed by atoms with Crippen LogP contribution in [0.4, 0.5) is 17.6 Å². The molecule has 0 fully saturated rings. The van der Waals surface area contributed by atoms with Crippen LogP contribution < -0.4 is 0 Å². The molecule has 1 aliphatic rings. The van der Waals surface area contributed by atoms with Crippen LogP contribution in [0.5, 0.6) is 0 Å². The van der Waals surface area contributed by atoms with E-state index in [2.05, 4.69) is 14.6 Å². The molecule has 0 saturated heterocycles. The zero-order valence-corrected chi connectivity index (χ0v) is 9.46. The summed E-state index contributed by atoms with van der Waals surface area (Å²) in [7, 11) is 0. The summed E-state index contributed by atoms with van der Waals surface area (Å²) in [6.45, 7) is 1.84. The van der Waals surface area contributed by atoms with E-state index in [0.29, 0.717) is 12.8 Å². The Balaban J connectivity index is 2.24. The van der Waals surface area contributed by atoms with E-state index in [9.17, 15) is 17.6 Å². The van der Waals surface area contributed by atoms with Crippen molar-refractivity contribution in [3.63, 3.8) is 0 Å². The highest BCUT2D eigenvalue weighted by Crippen LogP contribution is 2.33. The van der Waals surface area contributed by atoms with Crippen molar-refractivity contribution in [2.24, 2.45) is 5.92 Å². The minimum absolute atomic E-state index is 0.195. The lowest BCUT2D eigenvalue weighted by Gasteiger charge is -2.15. The highest BCUT2D eigenvalue weighted by atomic mass is 19.4. The molecule has 0 saturated carbocycles. The second kappa shape index (κ2) is 4.55. The molecule has 1 aromatic rings. The van der Waals surface area contributed by atoms with Gasteiger partial charge in [0.25, 0.3) is 0 Å². The number of allylic oxidation sites excluding steroid dienone is 4. The Morgan fingerprint density at radius 1 is 1.39 bits per heavy atom. The summed E-state index contributed by atoms with van der Waals surface area (Å²) in [5.74, 6) is -2.34. The molecule has 0 amide bonds. The fourth-order valence-corrected chi connectivity index (χ4v) is 1.67. The summed E-state index contributed by atoms with van der Waals surface area (Å²) in [6.07, 6.45) is -0.896. The molecule has 0 radical (unpaired) electrons. The zero-order valence-electron chi connectivity index (χ0n) is 9.46. The normalized spacial score (nSPS) is 20.6. The predicted octanol–water partition coefficient (Wildman–Crippen LogP) is 3.76. The molecule has 98 valence electrons. The SMILES string of the molecule is CCC1CC=C(c2nnc(C(F)(F)F)o2)C=C1F. The zero-order chi connectivity index (χ0) is 13.3. The number of halogens is 4. The molecule has 1 aliphatic carbocycles. The van der Waals surface area contributed by atoms with E-state index in [1.54, 1.807) is 6.08 Å². The lowest BCUT2D eigenvalue weighted by Crippen LogP contribution is -2.04. The van der Waals surface area contributed by atoms with E-state index >= 15 is 0 Å². The molecular weight excluding hydrogens is 252 g/mol. The van der Waals surface area contributed by atoms with Crippen molar-refractivity contribution in [3.05, 3.63) is 29.8 Å². The molecule has 1 atom stereocenters. The van der Waals surface area contributed by atoms with Crippen molar-refractivity contribution >= 4 is 5.57 Å². The Morgan fingerprint density at radius 2 is 2.11 bits per heavy atom. The summed E-state index contributed by atoms with van der Waals surface area (Å²) >= 11 is 0. The maximum Gasteiger partial charge on any atom is 0.470 e. The smallest absolute Gasteiger partial charge is 0.413 e. The average Bonchev–Trinajstić information content (AvgIpc) is 2.77. The third-order valence-electron chi connectivity index (χ3n) is 2.71. The molecule has 2 rings (SSSR count). The molecule has 18 heavy (non-hydrogen) atoms. The second-order valence-corrected chi connectivity index (χ2v) is 3.94. The van der Waals surface area contributed by atoms with Crippen molar-refractivity contribution in [3.8, 4) is 0 Å². The van der Waals surface area contributed by atoms with Gasteiger partial charge in [0.05, 0.1) is 0 Å². The van der Waals surface area contributed by atoms with Crippen molar-refractivity contribution in [1.29, 1.82) is 0 Å². The van der Waals surface area contributed by atoms with Gasteiger partial charge in [0, 0.05) is 11.5 Å². The largest absolute Gasteiger partial charge is 0.470 e. The topological polar surface area (TPSA) is 38.9 Å². The van der Waals surface area contributed by atoms with Gasteiger partial charge in [-0.05, 0) is 18.9 Å². The molecule has 1 heterocycles. The standard InChI is InChI=1S/C11H10F4N2O/c1-2-6-3-4-7(5-8(6)12)9-16-17-10(18-9)11(13,14)15/h4-6H,2-3H2,1H3. The quantitative estimate of drug-likeness (QED) is 0.762. The van der Waals surface area contributed by atoms with Crippen LogP contribution in [0.15, 0.2) is 22.4 Å². The highest BCUT2D eigenvalue weighted by Gasteiger charge is 2.38. The van der Waals surface area contributed by atoms with Crippen LogP contribution in [-0.2, 0) is 6.18 Å². The van der Waals surface area contributed by atoms with Crippen molar-refractivity contribution < 1.29 is 22.0 Å². The summed E-state index contributed by atoms with van der Waals surface area (Å²) < 4.78 is 54.8. The summed E-state index contributed by atoms with van der Waals surface area (Å²) in [5.41, 5.74) is 0.195. The molecule has 0 aromatic carbocycles. The Hall–Kier alpha value is -1.66. The van der Waals surface area contributed by atoms with Crippen LogP contribution in [-0.4, -0.2) is 10.2 Å². The minimum Gasteiger partial charge on any atom is -0.413 e. The lowest BCUT2D eigenvalue weighted by atomic mass is 9.93. The predicted molar refractivity (Wildman–Crippen MR) is 54.9 cm³/mol. The first-order valence-electron chi connectivity index (χ1n) is 5.40. The van der Waals surface area contributed by atoms with Gasteiger partial charge in [-0.15, -0.1) is 10.2 Å². The molecule has 0 aliphatic heterocycles. The Labute approximate surface area is 100 Å². The number of hydrogen-bond acceptors (Lipinski definition) is 3. The van der Waals surface area contributed by atoms with Crippen LogP contribution in [0, 0.1) is 5.92 Å². The second-order valence-electron chi connectivity index (χ2n) is 3.94. The average molecular weight is 262 g/mol. The van der Waals surface area contributed by atoms with Gasteiger partial charge >= 0.3 is 12.1 Å². The third kappa shape index (κ3) is 2.44. The van der Waals surface area contributed by atoms with Gasteiger partial charge in [-0.1, -0.05) is 13.0 Å². The monoisotopic (exact) mass is 262 g/mol. The molecule has 1 aromatic heterocycles. The van der Waals surface area contributed by atoms with Gasteiger partial charge in [0.15, 0.2) is 0 Å². The van der Waals surface area contributed by atoms with Gasteiger partial charge in [-0.25, -0.2) is 4.39 Å². The molecule has 1 unspecified atom stereocenters. The van der Waals surface area contributed by atoms with E-state index in [4.69, 9.17) is 0 Å². The van der Waals surface area contributed by atoms with Crippen molar-refractivity contribution in [2.45, 2.75) is 25.9 Å². The first kappa shape index (κ1) is 12.8. The van der Waals surface area contributed by atoms with Crippen molar-refractivity contribution in [2.75, 3.05) is 0 Å². The van der Waals surface area contributed by atoms with Crippen LogP contribution >= 0.6 is 0 Å². The summed E-state index contributed by atoms with van der Waals surface area (Å²) in [5, 5.41) is 6.17. The van der Waals surface area contributed by atoms with Gasteiger partial charge in [0.1, 0.15) is 5.83 Å². The molecule has 3 nitrogen and oxygen atoms in total. The van der Waals surface area contributed by atoms with Crippen LogP contribution in [0.3, 0.4) is 0 Å². The fraction of sp³-hybridized carbons (Fsp3) is 0.455. The van der Waals surface area contributed by atoms with Crippen LogP contribution in [0.2, 0.25) is 0 Å². The van der Waals surface area contributed by atoms with Crippen LogP contribution in [0.25, 0.3) is 5.57 Å². The summed E-state index contributed by atoms with van der Waals surface area (Å²) in [6, 6.07) is 0. The van der Waals surface area contributed by atoms with Gasteiger partial charge in [-0.2, -0.15) is 13.2 Å². The molecular formula is C11H10F4N2O. The number of rotatable bonds is 2. The van der Waals surface area contributed by atoms with Gasteiger partial charge in [-0.3, -0.25) is 0 Å². The van der Waals surface area contributed by atoms with Gasteiger partial charge in [0.2, 0.25) is 5.89 Å². The van der Waals surface area contributed by atoms with Crippen molar-refractivity contribution in [1.82, 2.24) is 10.2 Å². The molecule has 0 spiro atoms. The van der Waals surface area contributed by atoms with E-state index in [-0.39, 0.29) is 23.2 Å². The third-order valence-corrected chi connectivity index (χ3v) is 2.71. The number of aromatic nitrogens is 2. The maximum atomic E-state index is 13.5. The molecule has 0 bridgehead atoms. The number of nitrogens with zero attached hydrogens (tertiary/aromatic N) is 2. The summed E-state index contributed by atoms with van der Waals surface area (Å²) in [4.78, 5) is 0. The molecule has 0 N–H and O–H groups in total. The van der Waals surface area contributed by atoms with E-state index in [1.165, 1.54) is 0 Å². The number of alkyl halides is 3. The van der Waals surface area contributed by atoms with E-state index in [1.807, 2.05) is 6.92 Å². The minimum atomic E-state index is -4.69. The van der Waals surface area contributed by atoms with Gasteiger partial charge < -0.3 is 4.42 Å². The maximum absolute atomic E-state index is 13.5. The molecule has 7 heteroatoms. The Bertz CT molecular complexity index is 501. The van der Waals surface area contributed by atoms with E-state index < -0.39 is 12.1 Å². The fourth-order valence-electron chi connectivity index (χ4n) is 1.67. The van der Waals surface area contributed by atoms with E-state index in [0.717, 1.165) is 6.08 Å². The Kier molecular flexibility index (Phi) is 3.23. The highest BCUT2D eigenvalue weighted by molar-refractivity contribution is 5.70. The first-order valence-corrected chi connectivity index (χ1v) is 5.40. The Morgan fingerprint density at radius 3 is 2.61 bits per heavy atom.